The Hall–Kier alpha value is -0.860. The van der Waals surface area contributed by atoms with Gasteiger partial charge in [0.05, 0.1) is 0 Å². The zero-order valence-corrected chi connectivity index (χ0v) is 9.66. The minimum atomic E-state index is 0.263. The first kappa shape index (κ1) is 12.2. The molecule has 0 atom stereocenters. The molecule has 0 aromatic heterocycles. The molecule has 1 aromatic rings. The molecule has 2 N–H and O–H groups in total. The molecular formula is C13H21NO. The Bertz CT molecular complexity index is 266. The molecule has 0 aliphatic rings. The molecule has 2 nitrogen and oxygen atoms in total. The molecule has 1 rings (SSSR count). The third-order valence-electron chi connectivity index (χ3n) is 2.49. The molecule has 15 heavy (non-hydrogen) atoms. The highest BCUT2D eigenvalue weighted by Crippen LogP contribution is 2.14. The lowest BCUT2D eigenvalue weighted by Crippen LogP contribution is -2.15. The second-order valence-corrected chi connectivity index (χ2v) is 4.15. The van der Waals surface area contributed by atoms with E-state index in [9.17, 15) is 0 Å². The van der Waals surface area contributed by atoms with E-state index in [0.717, 1.165) is 19.5 Å². The van der Waals surface area contributed by atoms with Crippen LogP contribution in [0, 0.1) is 0 Å². The van der Waals surface area contributed by atoms with Gasteiger partial charge in [-0.2, -0.15) is 0 Å². The van der Waals surface area contributed by atoms with E-state index in [4.69, 9.17) is 5.11 Å². The SMILES string of the molecule is CC(C)c1ccc(CNCCCO)cc1. The van der Waals surface area contributed by atoms with E-state index in [1.54, 1.807) is 0 Å². The number of aliphatic hydroxyl groups excluding tert-OH is 1. The molecule has 0 heterocycles. The van der Waals surface area contributed by atoms with Crippen molar-refractivity contribution in [3.8, 4) is 0 Å². The van der Waals surface area contributed by atoms with E-state index < -0.39 is 0 Å². The van der Waals surface area contributed by atoms with Crippen LogP contribution in [0.1, 0.15) is 37.3 Å². The molecule has 0 saturated carbocycles. The summed E-state index contributed by atoms with van der Waals surface area (Å²) in [7, 11) is 0. The van der Waals surface area contributed by atoms with Crippen LogP contribution in [0.15, 0.2) is 24.3 Å². The summed E-state index contributed by atoms with van der Waals surface area (Å²) in [5, 5.41) is 11.9. The van der Waals surface area contributed by atoms with Gasteiger partial charge in [-0.1, -0.05) is 38.1 Å². The van der Waals surface area contributed by atoms with Gasteiger partial charge in [0.1, 0.15) is 0 Å². The molecule has 0 radical (unpaired) electrons. The molecule has 0 saturated heterocycles. The maximum atomic E-state index is 8.62. The van der Waals surface area contributed by atoms with Crippen LogP contribution in [0.3, 0.4) is 0 Å². The molecule has 84 valence electrons. The van der Waals surface area contributed by atoms with Gasteiger partial charge in [0.25, 0.3) is 0 Å². The molecular weight excluding hydrogens is 186 g/mol. The quantitative estimate of drug-likeness (QED) is 0.701. The lowest BCUT2D eigenvalue weighted by atomic mass is 10.0. The fourth-order valence-electron chi connectivity index (χ4n) is 1.46. The van der Waals surface area contributed by atoms with Crippen molar-refractivity contribution in [3.05, 3.63) is 35.4 Å². The van der Waals surface area contributed by atoms with E-state index in [-0.39, 0.29) is 6.61 Å². The lowest BCUT2D eigenvalue weighted by Gasteiger charge is -2.07. The van der Waals surface area contributed by atoms with Crippen LogP contribution in [0.4, 0.5) is 0 Å². The van der Waals surface area contributed by atoms with Gasteiger partial charge >= 0.3 is 0 Å². The van der Waals surface area contributed by atoms with E-state index in [2.05, 4.69) is 43.4 Å². The normalized spacial score (nSPS) is 10.9. The maximum absolute atomic E-state index is 8.62. The Morgan fingerprint density at radius 3 is 2.40 bits per heavy atom. The van der Waals surface area contributed by atoms with Gasteiger partial charge in [-0.3, -0.25) is 0 Å². The Morgan fingerprint density at radius 2 is 1.87 bits per heavy atom. The van der Waals surface area contributed by atoms with E-state index in [1.807, 2.05) is 0 Å². The first-order valence-corrected chi connectivity index (χ1v) is 5.64. The van der Waals surface area contributed by atoms with Crippen LogP contribution < -0.4 is 5.32 Å². The van der Waals surface area contributed by atoms with Gasteiger partial charge in [-0.05, 0) is 30.0 Å². The molecule has 0 aliphatic heterocycles. The van der Waals surface area contributed by atoms with Crippen LogP contribution in [0.2, 0.25) is 0 Å². The third-order valence-corrected chi connectivity index (χ3v) is 2.49. The van der Waals surface area contributed by atoms with Crippen molar-refractivity contribution < 1.29 is 5.11 Å². The summed E-state index contributed by atoms with van der Waals surface area (Å²) in [5.41, 5.74) is 2.69. The van der Waals surface area contributed by atoms with Gasteiger partial charge < -0.3 is 10.4 Å². The average molecular weight is 207 g/mol. The van der Waals surface area contributed by atoms with Gasteiger partial charge in [0, 0.05) is 13.2 Å². The highest BCUT2D eigenvalue weighted by atomic mass is 16.3. The molecule has 0 spiro atoms. The molecule has 0 aliphatic carbocycles. The predicted molar refractivity (Wildman–Crippen MR) is 63.9 cm³/mol. The number of hydrogen-bond acceptors (Lipinski definition) is 2. The number of benzene rings is 1. The summed E-state index contributed by atoms with van der Waals surface area (Å²) in [6.45, 7) is 6.43. The number of nitrogens with one attached hydrogen (secondary N) is 1. The van der Waals surface area contributed by atoms with Crippen LogP contribution in [0.5, 0.6) is 0 Å². The number of hydrogen-bond donors (Lipinski definition) is 2. The standard InChI is InChI=1S/C13H21NO/c1-11(2)13-6-4-12(5-7-13)10-14-8-3-9-15/h4-7,11,14-15H,3,8-10H2,1-2H3. The van der Waals surface area contributed by atoms with Gasteiger partial charge in [-0.25, -0.2) is 0 Å². The fourth-order valence-corrected chi connectivity index (χ4v) is 1.46. The predicted octanol–water partition coefficient (Wildman–Crippen LogP) is 2.28. The van der Waals surface area contributed by atoms with Gasteiger partial charge in [0.2, 0.25) is 0 Å². The number of rotatable bonds is 6. The van der Waals surface area contributed by atoms with Gasteiger partial charge in [0.15, 0.2) is 0 Å². The molecule has 1 aromatic carbocycles. The zero-order chi connectivity index (χ0) is 11.1. The molecule has 2 heteroatoms. The van der Waals surface area contributed by atoms with E-state index in [1.165, 1.54) is 11.1 Å². The summed E-state index contributed by atoms with van der Waals surface area (Å²) < 4.78 is 0. The Labute approximate surface area is 92.3 Å². The Balaban J connectivity index is 2.36. The molecule has 0 unspecified atom stereocenters. The summed E-state index contributed by atoms with van der Waals surface area (Å²) in [4.78, 5) is 0. The van der Waals surface area contributed by atoms with Gasteiger partial charge in [-0.15, -0.1) is 0 Å². The zero-order valence-electron chi connectivity index (χ0n) is 9.66. The van der Waals surface area contributed by atoms with Crippen LogP contribution in [-0.2, 0) is 6.54 Å². The van der Waals surface area contributed by atoms with E-state index >= 15 is 0 Å². The highest BCUT2D eigenvalue weighted by Gasteiger charge is 1.98. The minimum Gasteiger partial charge on any atom is -0.396 e. The third kappa shape index (κ3) is 4.45. The average Bonchev–Trinajstić information content (AvgIpc) is 2.25. The Kier molecular flexibility index (Phi) is 5.37. The molecule has 0 fully saturated rings. The molecule has 0 amide bonds. The second kappa shape index (κ2) is 6.59. The minimum absolute atomic E-state index is 0.263. The monoisotopic (exact) mass is 207 g/mol. The summed E-state index contributed by atoms with van der Waals surface area (Å²) >= 11 is 0. The number of aliphatic hydroxyl groups is 1. The molecule has 0 bridgehead atoms. The van der Waals surface area contributed by atoms with Crippen molar-refractivity contribution in [1.29, 1.82) is 0 Å². The van der Waals surface area contributed by atoms with Crippen molar-refractivity contribution in [1.82, 2.24) is 5.32 Å². The second-order valence-electron chi connectivity index (χ2n) is 4.15. The van der Waals surface area contributed by atoms with Crippen LogP contribution in [0.25, 0.3) is 0 Å². The van der Waals surface area contributed by atoms with Crippen molar-refractivity contribution >= 4 is 0 Å². The fraction of sp³-hybridized carbons (Fsp3) is 0.538. The first-order valence-electron chi connectivity index (χ1n) is 5.64. The van der Waals surface area contributed by atoms with Crippen LogP contribution >= 0.6 is 0 Å². The first-order chi connectivity index (χ1) is 7.24. The van der Waals surface area contributed by atoms with Crippen molar-refractivity contribution in [2.24, 2.45) is 0 Å². The lowest BCUT2D eigenvalue weighted by molar-refractivity contribution is 0.286. The summed E-state index contributed by atoms with van der Waals surface area (Å²) in [5.74, 6) is 0.599. The van der Waals surface area contributed by atoms with Crippen LogP contribution in [-0.4, -0.2) is 18.3 Å². The smallest absolute Gasteiger partial charge is 0.0443 e. The van der Waals surface area contributed by atoms with Crippen molar-refractivity contribution in [3.63, 3.8) is 0 Å². The maximum Gasteiger partial charge on any atom is 0.0443 e. The van der Waals surface area contributed by atoms with Crippen molar-refractivity contribution in [2.75, 3.05) is 13.2 Å². The van der Waals surface area contributed by atoms with E-state index in [0.29, 0.717) is 5.92 Å². The topological polar surface area (TPSA) is 32.3 Å². The summed E-state index contributed by atoms with van der Waals surface area (Å²) in [6, 6.07) is 8.71. The Morgan fingerprint density at radius 1 is 1.20 bits per heavy atom. The highest BCUT2D eigenvalue weighted by molar-refractivity contribution is 5.24. The summed E-state index contributed by atoms with van der Waals surface area (Å²) in [6.07, 6.45) is 0.823. The largest absolute Gasteiger partial charge is 0.396 e. The van der Waals surface area contributed by atoms with Crippen molar-refractivity contribution in [2.45, 2.75) is 32.7 Å².